The number of hydrogen-bond donors (Lipinski definition) is 1. The van der Waals surface area contributed by atoms with Crippen LogP contribution in [0.15, 0.2) is 53.4 Å². The third-order valence-corrected chi connectivity index (χ3v) is 6.58. The van der Waals surface area contributed by atoms with E-state index in [-0.39, 0.29) is 23.3 Å². The Morgan fingerprint density at radius 3 is 2.57 bits per heavy atom. The van der Waals surface area contributed by atoms with Crippen molar-refractivity contribution in [3.8, 4) is 0 Å². The zero-order chi connectivity index (χ0) is 20.3. The van der Waals surface area contributed by atoms with E-state index in [4.69, 9.17) is 0 Å². The average molecular weight is 401 g/mol. The second kappa shape index (κ2) is 8.12. The summed E-state index contributed by atoms with van der Waals surface area (Å²) in [5.41, 5.74) is 1.63. The number of nitrogens with one attached hydrogen (secondary N) is 1. The van der Waals surface area contributed by atoms with Gasteiger partial charge in [-0.15, -0.1) is 0 Å². The molecule has 2 amide bonds. The summed E-state index contributed by atoms with van der Waals surface area (Å²) >= 11 is 0. The SMILES string of the molecule is CN(C)S(=O)(=O)c1ccccc1CNC(=O)c1cccc(N2CCCC2=O)c1. The van der Waals surface area contributed by atoms with Crippen molar-refractivity contribution in [1.82, 2.24) is 9.62 Å². The molecule has 0 spiro atoms. The lowest BCUT2D eigenvalue weighted by Gasteiger charge is -2.17. The van der Waals surface area contributed by atoms with Gasteiger partial charge in [-0.2, -0.15) is 0 Å². The van der Waals surface area contributed by atoms with Crippen LogP contribution in [0.25, 0.3) is 0 Å². The predicted octanol–water partition coefficient (Wildman–Crippen LogP) is 1.99. The number of hydrogen-bond acceptors (Lipinski definition) is 4. The highest BCUT2D eigenvalue weighted by molar-refractivity contribution is 7.89. The maximum absolute atomic E-state index is 12.6. The van der Waals surface area contributed by atoms with Crippen LogP contribution in [0.2, 0.25) is 0 Å². The zero-order valence-corrected chi connectivity index (χ0v) is 16.7. The summed E-state index contributed by atoms with van der Waals surface area (Å²) < 4.78 is 26.1. The predicted molar refractivity (Wildman–Crippen MR) is 107 cm³/mol. The van der Waals surface area contributed by atoms with Crippen LogP contribution in [-0.2, 0) is 21.4 Å². The lowest BCUT2D eigenvalue weighted by Crippen LogP contribution is -2.27. The standard InChI is InChI=1S/C20H23N3O4S/c1-22(2)28(26,27)18-10-4-3-7-16(18)14-21-20(25)15-8-5-9-17(13-15)23-12-6-11-19(23)24/h3-5,7-10,13H,6,11-12,14H2,1-2H3,(H,21,25). The molecule has 0 aliphatic carbocycles. The molecule has 7 nitrogen and oxygen atoms in total. The summed E-state index contributed by atoms with van der Waals surface area (Å²) in [6, 6.07) is 13.5. The highest BCUT2D eigenvalue weighted by Gasteiger charge is 2.23. The van der Waals surface area contributed by atoms with Crippen LogP contribution < -0.4 is 10.2 Å². The van der Waals surface area contributed by atoms with Crippen LogP contribution in [0.3, 0.4) is 0 Å². The molecule has 1 saturated heterocycles. The number of anilines is 1. The summed E-state index contributed by atoms with van der Waals surface area (Å²) in [5.74, 6) is -0.272. The first-order valence-corrected chi connectivity index (χ1v) is 10.4. The van der Waals surface area contributed by atoms with Gasteiger partial charge in [0.25, 0.3) is 5.91 Å². The van der Waals surface area contributed by atoms with Crippen LogP contribution in [0.5, 0.6) is 0 Å². The molecule has 1 aliphatic rings. The maximum Gasteiger partial charge on any atom is 0.251 e. The third kappa shape index (κ3) is 4.07. The molecule has 0 aromatic heterocycles. The van der Waals surface area contributed by atoms with E-state index in [0.717, 1.165) is 10.7 Å². The molecule has 2 aromatic carbocycles. The molecule has 0 radical (unpaired) electrons. The van der Waals surface area contributed by atoms with E-state index in [0.29, 0.717) is 29.8 Å². The lowest BCUT2D eigenvalue weighted by atomic mass is 10.1. The van der Waals surface area contributed by atoms with E-state index >= 15 is 0 Å². The highest BCUT2D eigenvalue weighted by atomic mass is 32.2. The smallest absolute Gasteiger partial charge is 0.251 e. The van der Waals surface area contributed by atoms with Gasteiger partial charge in [-0.1, -0.05) is 24.3 Å². The van der Waals surface area contributed by atoms with Crippen molar-refractivity contribution in [2.45, 2.75) is 24.3 Å². The van der Waals surface area contributed by atoms with Crippen molar-refractivity contribution >= 4 is 27.5 Å². The Hall–Kier alpha value is -2.71. The second-order valence-corrected chi connectivity index (χ2v) is 8.90. The van der Waals surface area contributed by atoms with Gasteiger partial charge in [-0.3, -0.25) is 9.59 Å². The fraction of sp³-hybridized carbons (Fsp3) is 0.300. The summed E-state index contributed by atoms with van der Waals surface area (Å²) in [6.45, 7) is 0.731. The molecule has 1 heterocycles. The minimum Gasteiger partial charge on any atom is -0.348 e. The van der Waals surface area contributed by atoms with Crippen LogP contribution in [0.1, 0.15) is 28.8 Å². The number of carbonyl (C=O) groups is 2. The molecule has 0 unspecified atom stereocenters. The van der Waals surface area contributed by atoms with E-state index < -0.39 is 10.0 Å². The van der Waals surface area contributed by atoms with Gasteiger partial charge in [0.2, 0.25) is 15.9 Å². The average Bonchev–Trinajstić information content (AvgIpc) is 3.12. The van der Waals surface area contributed by atoms with E-state index in [1.807, 2.05) is 0 Å². The molecular weight excluding hydrogens is 378 g/mol. The molecule has 8 heteroatoms. The topological polar surface area (TPSA) is 86.8 Å². The Morgan fingerprint density at radius 1 is 1.14 bits per heavy atom. The van der Waals surface area contributed by atoms with E-state index in [1.54, 1.807) is 47.4 Å². The van der Waals surface area contributed by atoms with Crippen molar-refractivity contribution in [1.29, 1.82) is 0 Å². The van der Waals surface area contributed by atoms with Gasteiger partial charge in [0, 0.05) is 44.9 Å². The van der Waals surface area contributed by atoms with Gasteiger partial charge < -0.3 is 10.2 Å². The quantitative estimate of drug-likeness (QED) is 0.802. The van der Waals surface area contributed by atoms with Crippen molar-refractivity contribution in [3.05, 3.63) is 59.7 Å². The normalized spacial score (nSPS) is 14.5. The first kappa shape index (κ1) is 20.0. The third-order valence-electron chi connectivity index (χ3n) is 4.66. The van der Waals surface area contributed by atoms with Crippen LogP contribution in [-0.4, -0.2) is 45.2 Å². The second-order valence-electron chi connectivity index (χ2n) is 6.78. The Morgan fingerprint density at radius 2 is 1.89 bits per heavy atom. The molecule has 2 aromatic rings. The van der Waals surface area contributed by atoms with E-state index in [9.17, 15) is 18.0 Å². The Labute approximate surface area is 165 Å². The van der Waals surface area contributed by atoms with Gasteiger partial charge in [0.15, 0.2) is 0 Å². The first-order valence-electron chi connectivity index (χ1n) is 9.00. The fourth-order valence-corrected chi connectivity index (χ4v) is 4.23. The molecule has 1 aliphatic heterocycles. The number of carbonyl (C=O) groups excluding carboxylic acids is 2. The lowest BCUT2D eigenvalue weighted by molar-refractivity contribution is -0.117. The van der Waals surface area contributed by atoms with E-state index in [1.165, 1.54) is 20.2 Å². The van der Waals surface area contributed by atoms with Crippen LogP contribution in [0, 0.1) is 0 Å². The number of benzene rings is 2. The molecule has 148 valence electrons. The molecule has 0 atom stereocenters. The van der Waals surface area contributed by atoms with Crippen molar-refractivity contribution < 1.29 is 18.0 Å². The largest absolute Gasteiger partial charge is 0.348 e. The fourth-order valence-electron chi connectivity index (χ4n) is 3.11. The number of nitrogens with zero attached hydrogens (tertiary/aromatic N) is 2. The number of sulfonamides is 1. The van der Waals surface area contributed by atoms with Gasteiger partial charge in [0.1, 0.15) is 0 Å². The molecule has 1 fully saturated rings. The molecule has 3 rings (SSSR count). The Kier molecular flexibility index (Phi) is 5.81. The molecule has 0 bridgehead atoms. The summed E-state index contributed by atoms with van der Waals surface area (Å²) in [6.07, 6.45) is 1.33. The molecule has 28 heavy (non-hydrogen) atoms. The summed E-state index contributed by atoms with van der Waals surface area (Å²) in [7, 11) is -0.670. The highest BCUT2D eigenvalue weighted by Crippen LogP contribution is 2.22. The van der Waals surface area contributed by atoms with Gasteiger partial charge in [-0.25, -0.2) is 12.7 Å². The zero-order valence-electron chi connectivity index (χ0n) is 15.9. The summed E-state index contributed by atoms with van der Waals surface area (Å²) in [5, 5.41) is 2.77. The summed E-state index contributed by atoms with van der Waals surface area (Å²) in [4.78, 5) is 26.3. The molecule has 1 N–H and O–H groups in total. The maximum atomic E-state index is 12.6. The van der Waals surface area contributed by atoms with Crippen molar-refractivity contribution in [3.63, 3.8) is 0 Å². The van der Waals surface area contributed by atoms with Crippen molar-refractivity contribution in [2.75, 3.05) is 25.5 Å². The van der Waals surface area contributed by atoms with E-state index in [2.05, 4.69) is 5.32 Å². The van der Waals surface area contributed by atoms with Gasteiger partial charge in [0.05, 0.1) is 4.90 Å². The molecule has 0 saturated carbocycles. The minimum atomic E-state index is -3.61. The van der Waals surface area contributed by atoms with Crippen molar-refractivity contribution in [2.24, 2.45) is 0 Å². The van der Waals surface area contributed by atoms with Gasteiger partial charge >= 0.3 is 0 Å². The number of rotatable bonds is 6. The number of amides is 2. The monoisotopic (exact) mass is 401 g/mol. The molecular formula is C20H23N3O4S. The Balaban J connectivity index is 1.76. The van der Waals surface area contributed by atoms with Crippen LogP contribution in [0.4, 0.5) is 5.69 Å². The first-order chi connectivity index (χ1) is 13.3. The van der Waals surface area contributed by atoms with Crippen LogP contribution >= 0.6 is 0 Å². The Bertz CT molecular complexity index is 1000. The minimum absolute atomic E-state index is 0.0559. The van der Waals surface area contributed by atoms with Gasteiger partial charge in [-0.05, 0) is 36.2 Å².